The van der Waals surface area contributed by atoms with Crippen LogP contribution in [0.2, 0.25) is 0 Å². The maximum absolute atomic E-state index is 10.1. The van der Waals surface area contributed by atoms with Crippen molar-refractivity contribution in [2.24, 2.45) is 23.1 Å². The highest BCUT2D eigenvalue weighted by molar-refractivity contribution is 5.77. The second kappa shape index (κ2) is 9.37. The SMILES string of the molecule is CC(C)[C@H](N)C(=O)O.NC(=O)CC[C@H](N)C(=O)O. The first kappa shape index (κ1) is 18.7. The molecule has 0 aromatic carbocycles. The molecule has 0 aromatic rings. The van der Waals surface area contributed by atoms with Gasteiger partial charge in [0.1, 0.15) is 12.1 Å². The number of carboxylic acid groups (broad SMARTS) is 2. The molecule has 0 spiro atoms. The number of nitrogens with two attached hydrogens (primary N) is 3. The molecule has 0 heterocycles. The Balaban J connectivity index is 0. The molecular weight excluding hydrogens is 242 g/mol. The number of primary amides is 1. The Morgan fingerprint density at radius 1 is 1.06 bits per heavy atom. The highest BCUT2D eigenvalue weighted by atomic mass is 16.4. The van der Waals surface area contributed by atoms with Crippen molar-refractivity contribution in [1.82, 2.24) is 0 Å². The molecule has 1 amide bonds. The van der Waals surface area contributed by atoms with E-state index in [-0.39, 0.29) is 18.8 Å². The average molecular weight is 263 g/mol. The van der Waals surface area contributed by atoms with Gasteiger partial charge in [-0.1, -0.05) is 13.8 Å². The van der Waals surface area contributed by atoms with Crippen molar-refractivity contribution >= 4 is 17.8 Å². The normalized spacial score (nSPS) is 13.2. The summed E-state index contributed by atoms with van der Waals surface area (Å²) >= 11 is 0. The van der Waals surface area contributed by atoms with Gasteiger partial charge in [-0.15, -0.1) is 0 Å². The number of rotatable bonds is 6. The van der Waals surface area contributed by atoms with Gasteiger partial charge in [-0.05, 0) is 12.3 Å². The standard InChI is InChI=1S/C5H10N2O3.C5H11NO2/c6-3(5(9)10)1-2-4(7)8;1-3(2)4(6)5(7)8/h3H,1-2,6H2,(H2,7,8)(H,9,10);3-4H,6H2,1-2H3,(H,7,8)/t3-;4-/m00/s1. The van der Waals surface area contributed by atoms with Crippen molar-refractivity contribution in [1.29, 1.82) is 0 Å². The summed E-state index contributed by atoms with van der Waals surface area (Å²) in [7, 11) is 0. The van der Waals surface area contributed by atoms with Gasteiger partial charge >= 0.3 is 11.9 Å². The lowest BCUT2D eigenvalue weighted by Gasteiger charge is -2.07. The summed E-state index contributed by atoms with van der Waals surface area (Å²) in [6, 6.07) is -1.69. The molecule has 0 aliphatic rings. The molecule has 8 N–H and O–H groups in total. The summed E-state index contributed by atoms with van der Waals surface area (Å²) in [5.41, 5.74) is 15.0. The number of carbonyl (C=O) groups excluding carboxylic acids is 1. The van der Waals surface area contributed by atoms with Gasteiger partial charge in [0.2, 0.25) is 5.91 Å². The largest absolute Gasteiger partial charge is 0.480 e. The van der Waals surface area contributed by atoms with Crippen molar-refractivity contribution in [3.8, 4) is 0 Å². The molecule has 0 aromatic heterocycles. The quantitative estimate of drug-likeness (QED) is 0.397. The van der Waals surface area contributed by atoms with E-state index >= 15 is 0 Å². The zero-order chi connectivity index (χ0) is 14.9. The molecule has 0 rings (SSSR count). The molecule has 0 unspecified atom stereocenters. The van der Waals surface area contributed by atoms with Crippen LogP contribution in [0, 0.1) is 5.92 Å². The molecule has 18 heavy (non-hydrogen) atoms. The van der Waals surface area contributed by atoms with Gasteiger partial charge in [-0.3, -0.25) is 14.4 Å². The second-order valence-corrected chi connectivity index (χ2v) is 4.06. The number of carbonyl (C=O) groups is 3. The second-order valence-electron chi connectivity index (χ2n) is 4.06. The molecule has 0 aliphatic carbocycles. The van der Waals surface area contributed by atoms with Gasteiger partial charge in [-0.2, -0.15) is 0 Å². The first-order valence-corrected chi connectivity index (χ1v) is 5.34. The third-order valence-electron chi connectivity index (χ3n) is 2.02. The van der Waals surface area contributed by atoms with E-state index in [1.165, 1.54) is 0 Å². The van der Waals surface area contributed by atoms with E-state index in [9.17, 15) is 14.4 Å². The zero-order valence-electron chi connectivity index (χ0n) is 10.5. The van der Waals surface area contributed by atoms with Gasteiger partial charge in [0, 0.05) is 6.42 Å². The Morgan fingerprint density at radius 2 is 1.50 bits per heavy atom. The fourth-order valence-electron chi connectivity index (χ4n) is 0.706. The van der Waals surface area contributed by atoms with E-state index in [0.717, 1.165) is 0 Å². The maximum atomic E-state index is 10.1. The molecule has 0 bridgehead atoms. The van der Waals surface area contributed by atoms with Crippen LogP contribution in [0.3, 0.4) is 0 Å². The fraction of sp³-hybridized carbons (Fsp3) is 0.700. The van der Waals surface area contributed by atoms with Crippen molar-refractivity contribution in [2.75, 3.05) is 0 Å². The van der Waals surface area contributed by atoms with E-state index in [1.54, 1.807) is 13.8 Å². The zero-order valence-corrected chi connectivity index (χ0v) is 10.5. The number of carboxylic acids is 2. The van der Waals surface area contributed by atoms with Crippen molar-refractivity contribution in [3.05, 3.63) is 0 Å². The third-order valence-corrected chi connectivity index (χ3v) is 2.02. The highest BCUT2D eigenvalue weighted by Crippen LogP contribution is 1.96. The minimum absolute atomic E-state index is 0.0208. The summed E-state index contributed by atoms with van der Waals surface area (Å²) in [5.74, 6) is -2.55. The first-order chi connectivity index (χ1) is 8.09. The molecule has 0 aliphatic heterocycles. The summed E-state index contributed by atoms with van der Waals surface area (Å²) in [5, 5.41) is 16.4. The fourth-order valence-corrected chi connectivity index (χ4v) is 0.706. The topological polar surface area (TPSA) is 170 Å². The van der Waals surface area contributed by atoms with E-state index in [2.05, 4.69) is 0 Å². The Morgan fingerprint density at radius 3 is 1.67 bits per heavy atom. The van der Waals surface area contributed by atoms with Crippen LogP contribution in [0.5, 0.6) is 0 Å². The van der Waals surface area contributed by atoms with Crippen molar-refractivity contribution in [3.63, 3.8) is 0 Å². The van der Waals surface area contributed by atoms with Crippen LogP contribution in [-0.2, 0) is 14.4 Å². The Hall–Kier alpha value is -1.67. The molecule has 0 radical (unpaired) electrons. The maximum Gasteiger partial charge on any atom is 0.320 e. The van der Waals surface area contributed by atoms with Gasteiger partial charge < -0.3 is 27.4 Å². The van der Waals surface area contributed by atoms with Crippen LogP contribution in [0.1, 0.15) is 26.7 Å². The number of aliphatic carboxylic acids is 2. The lowest BCUT2D eigenvalue weighted by Crippen LogP contribution is -2.34. The minimum Gasteiger partial charge on any atom is -0.480 e. The predicted octanol–water partition coefficient (Wildman–Crippen LogP) is -1.28. The summed E-state index contributed by atoms with van der Waals surface area (Å²) < 4.78 is 0. The Labute approximate surface area is 105 Å². The molecule has 8 nitrogen and oxygen atoms in total. The van der Waals surface area contributed by atoms with Gasteiger partial charge in [0.25, 0.3) is 0 Å². The van der Waals surface area contributed by atoms with E-state index in [4.69, 9.17) is 27.4 Å². The molecule has 0 saturated heterocycles. The van der Waals surface area contributed by atoms with Gasteiger partial charge in [0.15, 0.2) is 0 Å². The van der Waals surface area contributed by atoms with Crippen LogP contribution in [0.4, 0.5) is 0 Å². The number of amides is 1. The smallest absolute Gasteiger partial charge is 0.320 e. The molecule has 0 saturated carbocycles. The lowest BCUT2D eigenvalue weighted by molar-refractivity contribution is -0.140. The first-order valence-electron chi connectivity index (χ1n) is 5.34. The van der Waals surface area contributed by atoms with Crippen LogP contribution in [0.25, 0.3) is 0 Å². The molecule has 106 valence electrons. The van der Waals surface area contributed by atoms with Crippen LogP contribution >= 0.6 is 0 Å². The van der Waals surface area contributed by atoms with Crippen LogP contribution < -0.4 is 17.2 Å². The van der Waals surface area contributed by atoms with Gasteiger partial charge in [0.05, 0.1) is 0 Å². The van der Waals surface area contributed by atoms with Crippen molar-refractivity contribution < 1.29 is 24.6 Å². The monoisotopic (exact) mass is 263 g/mol. The molecular formula is C10H21N3O5. The average Bonchev–Trinajstić information content (AvgIpc) is 2.24. The summed E-state index contributed by atoms with van der Waals surface area (Å²) in [6.07, 6.45) is 0.123. The molecule has 8 heteroatoms. The highest BCUT2D eigenvalue weighted by Gasteiger charge is 2.14. The Bertz CT molecular complexity index is 293. The third kappa shape index (κ3) is 10.8. The minimum atomic E-state index is -1.11. The van der Waals surface area contributed by atoms with E-state index in [0.29, 0.717) is 0 Å². The van der Waals surface area contributed by atoms with Crippen molar-refractivity contribution in [2.45, 2.75) is 38.8 Å². The van der Waals surface area contributed by atoms with Crippen LogP contribution in [-0.4, -0.2) is 40.1 Å². The Kier molecular flexibility index (Phi) is 9.73. The number of hydrogen-bond donors (Lipinski definition) is 5. The van der Waals surface area contributed by atoms with E-state index in [1.807, 2.05) is 0 Å². The van der Waals surface area contributed by atoms with Gasteiger partial charge in [-0.25, -0.2) is 0 Å². The van der Waals surface area contributed by atoms with E-state index < -0.39 is 29.9 Å². The summed E-state index contributed by atoms with van der Waals surface area (Å²) in [4.78, 5) is 30.2. The number of hydrogen-bond acceptors (Lipinski definition) is 5. The summed E-state index contributed by atoms with van der Waals surface area (Å²) in [6.45, 7) is 3.55. The molecule has 2 atom stereocenters. The lowest BCUT2D eigenvalue weighted by atomic mass is 10.1. The predicted molar refractivity (Wildman–Crippen MR) is 64.5 cm³/mol. The molecule has 0 fully saturated rings. The van der Waals surface area contributed by atoms with Crippen LogP contribution in [0.15, 0.2) is 0 Å².